The minimum atomic E-state index is -0.730. The number of likely N-dealkylation sites (tertiary alicyclic amines) is 1. The Labute approximate surface area is 271 Å². The Bertz CT molecular complexity index is 1960. The van der Waals surface area contributed by atoms with Gasteiger partial charge in [0.2, 0.25) is 5.91 Å². The van der Waals surface area contributed by atoms with Gasteiger partial charge in [-0.25, -0.2) is 9.97 Å². The molecule has 0 radical (unpaired) electrons. The van der Waals surface area contributed by atoms with Crippen molar-refractivity contribution < 1.29 is 14.7 Å². The lowest BCUT2D eigenvalue weighted by Gasteiger charge is -2.36. The lowest BCUT2D eigenvalue weighted by molar-refractivity contribution is -0.147. The highest BCUT2D eigenvalue weighted by molar-refractivity contribution is 7.15. The Hall–Kier alpha value is -4.71. The first-order valence-electron chi connectivity index (χ1n) is 15.4. The van der Waals surface area contributed by atoms with E-state index in [4.69, 9.17) is 9.97 Å². The van der Waals surface area contributed by atoms with Gasteiger partial charge in [0.1, 0.15) is 10.5 Å². The van der Waals surface area contributed by atoms with Crippen LogP contribution in [-0.2, 0) is 29.2 Å². The van der Waals surface area contributed by atoms with E-state index in [0.717, 1.165) is 65.5 Å². The highest BCUT2D eigenvalue weighted by atomic mass is 32.1. The smallest absolute Gasteiger partial charge is 0.309 e. The average Bonchev–Trinajstić information content (AvgIpc) is 3.60. The Morgan fingerprint density at radius 2 is 1.76 bits per heavy atom. The molecule has 5 aromatic rings. The number of aliphatic carboxylic acids is 1. The first kappa shape index (κ1) is 30.0. The summed E-state index contributed by atoms with van der Waals surface area (Å²) in [6, 6.07) is 16.7. The molecule has 10 nitrogen and oxygen atoms in total. The Morgan fingerprint density at radius 1 is 1.00 bits per heavy atom. The van der Waals surface area contributed by atoms with Crippen molar-refractivity contribution in [2.45, 2.75) is 33.5 Å². The molecule has 0 aliphatic carbocycles. The van der Waals surface area contributed by atoms with E-state index in [9.17, 15) is 14.7 Å². The van der Waals surface area contributed by atoms with Crippen LogP contribution >= 0.6 is 11.3 Å². The number of nitrogens with zero attached hydrogens (tertiary/aromatic N) is 5. The number of hydrogen-bond donors (Lipinski definition) is 3. The van der Waals surface area contributed by atoms with Crippen LogP contribution in [0.5, 0.6) is 0 Å². The van der Waals surface area contributed by atoms with Gasteiger partial charge in [-0.1, -0.05) is 30.3 Å². The number of aromatic nitrogens is 3. The number of hydrogen-bond acceptors (Lipinski definition) is 9. The molecule has 3 aromatic heterocycles. The lowest BCUT2D eigenvalue weighted by Crippen LogP contribution is -2.49. The van der Waals surface area contributed by atoms with Gasteiger partial charge < -0.3 is 20.6 Å². The average molecular weight is 634 g/mol. The topological polar surface area (TPSA) is 124 Å². The first-order chi connectivity index (χ1) is 22.3. The lowest BCUT2D eigenvalue weighted by atomic mass is 9.93. The molecule has 2 aliphatic heterocycles. The van der Waals surface area contributed by atoms with Crippen molar-refractivity contribution in [2.24, 2.45) is 5.92 Å². The van der Waals surface area contributed by atoms with Crippen molar-refractivity contribution >= 4 is 45.6 Å². The SMILES string of the molecule is CNCC(=O)N1Cc2nc(-c3cccc(-c4cccc(Nc5nccc6cc(CN7CC(C(=O)O)C7)cnc56)c4C)c3C)sc2C1. The van der Waals surface area contributed by atoms with E-state index in [0.29, 0.717) is 45.1 Å². The number of pyridine rings is 2. The minimum Gasteiger partial charge on any atom is -0.481 e. The monoisotopic (exact) mass is 633 g/mol. The van der Waals surface area contributed by atoms with Crippen LogP contribution in [0.2, 0.25) is 0 Å². The van der Waals surface area contributed by atoms with Crippen LogP contribution in [0, 0.1) is 19.8 Å². The Morgan fingerprint density at radius 3 is 2.52 bits per heavy atom. The molecule has 11 heteroatoms. The van der Waals surface area contributed by atoms with Gasteiger partial charge in [-0.2, -0.15) is 0 Å². The summed E-state index contributed by atoms with van der Waals surface area (Å²) in [5, 5.41) is 17.6. The molecular weight excluding hydrogens is 598 g/mol. The van der Waals surface area contributed by atoms with Crippen molar-refractivity contribution in [3.8, 4) is 21.7 Å². The fourth-order valence-electron chi connectivity index (χ4n) is 6.34. The second-order valence-electron chi connectivity index (χ2n) is 12.1. The molecule has 5 heterocycles. The van der Waals surface area contributed by atoms with E-state index in [1.807, 2.05) is 17.2 Å². The molecule has 46 heavy (non-hydrogen) atoms. The van der Waals surface area contributed by atoms with Crippen molar-refractivity contribution in [1.82, 2.24) is 30.1 Å². The van der Waals surface area contributed by atoms with Gasteiger partial charge in [0, 0.05) is 53.5 Å². The Balaban J connectivity index is 1.12. The standard InChI is InChI=1S/C35H35N7O3S/c1-20-25(6-4-8-27(20)34-40-29-18-42(19-30(29)46-34)31(43)14-36-3)26-7-5-9-28(21(26)2)39-33-32-23(10-11-37-33)12-22(13-38-32)15-41-16-24(17-41)35(44)45/h4-13,24,36H,14-19H2,1-3H3,(H,37,39)(H,44,45). The van der Waals surface area contributed by atoms with Crippen molar-refractivity contribution in [3.05, 3.63) is 88.2 Å². The number of fused-ring (bicyclic) bond motifs is 2. The summed E-state index contributed by atoms with van der Waals surface area (Å²) in [5.74, 6) is -0.231. The maximum Gasteiger partial charge on any atom is 0.309 e. The minimum absolute atomic E-state index is 0.0926. The highest BCUT2D eigenvalue weighted by Gasteiger charge is 2.32. The van der Waals surface area contributed by atoms with Gasteiger partial charge in [0.05, 0.1) is 31.2 Å². The molecule has 2 aliphatic rings. The molecule has 234 valence electrons. The summed E-state index contributed by atoms with van der Waals surface area (Å²) in [4.78, 5) is 43.0. The number of carbonyl (C=O) groups is 2. The van der Waals surface area contributed by atoms with E-state index < -0.39 is 5.97 Å². The number of anilines is 2. The number of thiazole rings is 1. The molecule has 7 rings (SSSR count). The fraction of sp³-hybridized carbons (Fsp3) is 0.286. The second-order valence-corrected chi connectivity index (χ2v) is 13.1. The molecule has 2 aromatic carbocycles. The van der Waals surface area contributed by atoms with E-state index in [1.165, 1.54) is 0 Å². The Kier molecular flexibility index (Phi) is 7.97. The van der Waals surface area contributed by atoms with Crippen molar-refractivity contribution in [1.29, 1.82) is 0 Å². The van der Waals surface area contributed by atoms with E-state index in [1.54, 1.807) is 24.6 Å². The molecule has 0 bridgehead atoms. The maximum atomic E-state index is 12.4. The zero-order valence-corrected chi connectivity index (χ0v) is 26.8. The zero-order chi connectivity index (χ0) is 31.9. The van der Waals surface area contributed by atoms with Crippen LogP contribution < -0.4 is 10.6 Å². The number of carboxylic acids is 1. The predicted octanol–water partition coefficient (Wildman–Crippen LogP) is 5.36. The van der Waals surface area contributed by atoms with Gasteiger partial charge in [0.15, 0.2) is 5.82 Å². The van der Waals surface area contributed by atoms with Crippen LogP contribution in [0.4, 0.5) is 11.5 Å². The summed E-state index contributed by atoms with van der Waals surface area (Å²) in [7, 11) is 1.79. The number of carbonyl (C=O) groups excluding carboxylic acids is 1. The molecule has 1 fully saturated rings. The molecule has 0 atom stereocenters. The van der Waals surface area contributed by atoms with Gasteiger partial charge in [-0.3, -0.25) is 19.5 Å². The molecule has 0 spiro atoms. The summed E-state index contributed by atoms with van der Waals surface area (Å²) < 4.78 is 0. The van der Waals surface area contributed by atoms with Gasteiger partial charge in [-0.15, -0.1) is 11.3 Å². The molecular formula is C35H35N7O3S. The molecule has 0 saturated carbocycles. The normalized spacial score (nSPS) is 14.8. The maximum absolute atomic E-state index is 12.4. The van der Waals surface area contributed by atoms with Crippen LogP contribution in [-0.4, -0.2) is 68.4 Å². The summed E-state index contributed by atoms with van der Waals surface area (Å²) in [6.45, 7) is 7.58. The third kappa shape index (κ3) is 5.61. The van der Waals surface area contributed by atoms with Crippen LogP contribution in [0.1, 0.15) is 27.3 Å². The summed E-state index contributed by atoms with van der Waals surface area (Å²) >= 11 is 1.67. The predicted molar refractivity (Wildman–Crippen MR) is 180 cm³/mol. The molecule has 3 N–H and O–H groups in total. The number of nitrogens with one attached hydrogen (secondary N) is 2. The van der Waals surface area contributed by atoms with Gasteiger partial charge >= 0.3 is 5.97 Å². The quantitative estimate of drug-likeness (QED) is 0.197. The van der Waals surface area contributed by atoms with Crippen LogP contribution in [0.3, 0.4) is 0 Å². The first-order valence-corrected chi connectivity index (χ1v) is 16.2. The molecule has 1 amide bonds. The number of likely N-dealkylation sites (N-methyl/N-ethyl adjacent to an activating group) is 1. The number of carboxylic acid groups (broad SMARTS) is 1. The summed E-state index contributed by atoms with van der Waals surface area (Å²) in [6.07, 6.45) is 3.64. The third-order valence-corrected chi connectivity index (χ3v) is 10.1. The zero-order valence-electron chi connectivity index (χ0n) is 26.0. The highest BCUT2D eigenvalue weighted by Crippen LogP contribution is 2.40. The number of benzene rings is 2. The van der Waals surface area contributed by atoms with Crippen molar-refractivity contribution in [2.75, 3.05) is 32.0 Å². The number of rotatable bonds is 9. The van der Waals surface area contributed by atoms with E-state index in [-0.39, 0.29) is 11.8 Å². The van der Waals surface area contributed by atoms with Crippen LogP contribution in [0.25, 0.3) is 32.6 Å². The van der Waals surface area contributed by atoms with E-state index in [2.05, 4.69) is 76.8 Å². The largest absolute Gasteiger partial charge is 0.481 e. The summed E-state index contributed by atoms with van der Waals surface area (Å²) in [5.41, 5.74) is 9.41. The van der Waals surface area contributed by atoms with Gasteiger partial charge in [0.25, 0.3) is 0 Å². The number of amides is 1. The van der Waals surface area contributed by atoms with Gasteiger partial charge in [-0.05, 0) is 66.9 Å². The molecule has 1 saturated heterocycles. The van der Waals surface area contributed by atoms with Crippen LogP contribution in [0.15, 0.2) is 60.9 Å². The van der Waals surface area contributed by atoms with Crippen molar-refractivity contribution in [3.63, 3.8) is 0 Å². The van der Waals surface area contributed by atoms with E-state index >= 15 is 0 Å². The fourth-order valence-corrected chi connectivity index (χ4v) is 7.51. The second kappa shape index (κ2) is 12.2. The third-order valence-electron chi connectivity index (χ3n) is 8.94. The molecule has 0 unspecified atom stereocenters.